The first-order chi connectivity index (χ1) is 7.13. The molecule has 15 heavy (non-hydrogen) atoms. The first-order valence-electron chi connectivity index (χ1n) is 5.45. The number of hydrogen-bond acceptors (Lipinski definition) is 2. The molecule has 1 aromatic rings. The average Bonchev–Trinajstić information content (AvgIpc) is 2.20. The zero-order valence-electron chi connectivity index (χ0n) is 9.39. The van der Waals surface area contributed by atoms with Gasteiger partial charge in [0.25, 0.3) is 0 Å². The average molecular weight is 271 g/mol. The highest BCUT2D eigenvalue weighted by Gasteiger charge is 2.04. The summed E-state index contributed by atoms with van der Waals surface area (Å²) >= 11 is 3.44. The van der Waals surface area contributed by atoms with Gasteiger partial charge in [-0.25, -0.2) is 0 Å². The molecular weight excluding hydrogens is 252 g/mol. The lowest BCUT2D eigenvalue weighted by molar-refractivity contribution is 0.645. The van der Waals surface area contributed by atoms with E-state index in [1.54, 1.807) is 0 Å². The third kappa shape index (κ3) is 4.12. The van der Waals surface area contributed by atoms with Gasteiger partial charge in [0.15, 0.2) is 0 Å². The van der Waals surface area contributed by atoms with Gasteiger partial charge in [-0.3, -0.25) is 0 Å². The van der Waals surface area contributed by atoms with Crippen LogP contribution in [0.2, 0.25) is 0 Å². The molecule has 0 amide bonds. The van der Waals surface area contributed by atoms with Gasteiger partial charge >= 0.3 is 0 Å². The lowest BCUT2D eigenvalue weighted by Crippen LogP contribution is -2.15. The second kappa shape index (κ2) is 6.01. The van der Waals surface area contributed by atoms with E-state index in [4.69, 9.17) is 5.73 Å². The van der Waals surface area contributed by atoms with Crippen molar-refractivity contribution in [1.29, 1.82) is 0 Å². The maximum absolute atomic E-state index is 5.88. The van der Waals surface area contributed by atoms with Crippen LogP contribution in [-0.4, -0.2) is 6.04 Å². The van der Waals surface area contributed by atoms with E-state index in [1.165, 1.54) is 19.3 Å². The van der Waals surface area contributed by atoms with Crippen molar-refractivity contribution in [1.82, 2.24) is 0 Å². The van der Waals surface area contributed by atoms with Crippen LogP contribution in [0.15, 0.2) is 22.7 Å². The van der Waals surface area contributed by atoms with Crippen molar-refractivity contribution in [3.8, 4) is 0 Å². The van der Waals surface area contributed by atoms with Gasteiger partial charge < -0.3 is 11.1 Å². The van der Waals surface area contributed by atoms with Gasteiger partial charge in [-0.2, -0.15) is 0 Å². The first-order valence-corrected chi connectivity index (χ1v) is 6.24. The summed E-state index contributed by atoms with van der Waals surface area (Å²) in [5.74, 6) is 0. The number of unbranched alkanes of at least 4 members (excludes halogenated alkanes) is 1. The number of rotatable bonds is 5. The lowest BCUT2D eigenvalue weighted by atomic mass is 10.1. The number of nitrogen functional groups attached to an aromatic ring is 1. The maximum Gasteiger partial charge on any atom is 0.0587 e. The lowest BCUT2D eigenvalue weighted by Gasteiger charge is -2.16. The Hall–Kier alpha value is -0.700. The van der Waals surface area contributed by atoms with Gasteiger partial charge in [0.2, 0.25) is 0 Å². The fourth-order valence-electron chi connectivity index (χ4n) is 1.50. The molecule has 0 heterocycles. The highest BCUT2D eigenvalue weighted by atomic mass is 79.9. The van der Waals surface area contributed by atoms with Crippen LogP contribution < -0.4 is 11.1 Å². The normalized spacial score (nSPS) is 12.5. The van der Waals surface area contributed by atoms with Gasteiger partial charge in [0, 0.05) is 10.5 Å². The van der Waals surface area contributed by atoms with Crippen molar-refractivity contribution in [2.45, 2.75) is 39.2 Å². The number of hydrogen-bond donors (Lipinski definition) is 2. The molecule has 0 saturated carbocycles. The van der Waals surface area contributed by atoms with Gasteiger partial charge in [-0.1, -0.05) is 35.7 Å². The highest BCUT2D eigenvalue weighted by Crippen LogP contribution is 2.24. The second-order valence-electron chi connectivity index (χ2n) is 3.92. The molecule has 0 bridgehead atoms. The molecule has 1 rings (SSSR count). The fraction of sp³-hybridized carbons (Fsp3) is 0.500. The fourth-order valence-corrected chi connectivity index (χ4v) is 1.86. The summed E-state index contributed by atoms with van der Waals surface area (Å²) in [5, 5.41) is 3.43. The van der Waals surface area contributed by atoms with Gasteiger partial charge in [0.05, 0.1) is 11.4 Å². The highest BCUT2D eigenvalue weighted by molar-refractivity contribution is 9.10. The number of nitrogens with two attached hydrogens (primary N) is 1. The zero-order chi connectivity index (χ0) is 11.3. The van der Waals surface area contributed by atoms with Crippen LogP contribution in [0.5, 0.6) is 0 Å². The Morgan fingerprint density at radius 3 is 2.87 bits per heavy atom. The monoisotopic (exact) mass is 270 g/mol. The molecule has 3 N–H and O–H groups in total. The molecule has 84 valence electrons. The molecule has 0 saturated heterocycles. The minimum absolute atomic E-state index is 0.474. The number of benzene rings is 1. The Morgan fingerprint density at radius 1 is 1.47 bits per heavy atom. The van der Waals surface area contributed by atoms with E-state index in [0.717, 1.165) is 15.8 Å². The van der Waals surface area contributed by atoms with Crippen LogP contribution in [0.4, 0.5) is 11.4 Å². The van der Waals surface area contributed by atoms with E-state index in [0.29, 0.717) is 6.04 Å². The molecule has 0 aliphatic carbocycles. The summed E-state index contributed by atoms with van der Waals surface area (Å²) in [5.41, 5.74) is 7.71. The molecule has 0 aliphatic heterocycles. The van der Waals surface area contributed by atoms with Crippen molar-refractivity contribution in [3.63, 3.8) is 0 Å². The first kappa shape index (κ1) is 12.4. The van der Waals surface area contributed by atoms with Crippen LogP contribution in [0.25, 0.3) is 0 Å². The Bertz CT molecular complexity index is 312. The van der Waals surface area contributed by atoms with Crippen LogP contribution >= 0.6 is 15.9 Å². The maximum atomic E-state index is 5.88. The summed E-state index contributed by atoms with van der Waals surface area (Å²) in [7, 11) is 0. The molecule has 0 radical (unpaired) electrons. The van der Waals surface area contributed by atoms with Crippen LogP contribution in [0.3, 0.4) is 0 Å². The predicted octanol–water partition coefficient (Wildman–Crippen LogP) is 4.02. The Labute approximate surface area is 100 Å². The van der Waals surface area contributed by atoms with Crippen LogP contribution in [-0.2, 0) is 0 Å². The summed E-state index contributed by atoms with van der Waals surface area (Å²) in [6, 6.07) is 6.37. The molecule has 1 atom stereocenters. The molecular formula is C12H19BrN2. The smallest absolute Gasteiger partial charge is 0.0587 e. The minimum atomic E-state index is 0.474. The Morgan fingerprint density at radius 2 is 2.20 bits per heavy atom. The van der Waals surface area contributed by atoms with E-state index in [2.05, 4.69) is 35.1 Å². The second-order valence-corrected chi connectivity index (χ2v) is 4.83. The molecule has 0 aliphatic rings. The summed E-state index contributed by atoms with van der Waals surface area (Å²) in [6.07, 6.45) is 3.67. The number of anilines is 2. The van der Waals surface area contributed by atoms with Crippen molar-refractivity contribution >= 4 is 27.3 Å². The third-order valence-electron chi connectivity index (χ3n) is 2.41. The largest absolute Gasteiger partial charge is 0.397 e. The Balaban J connectivity index is 2.59. The van der Waals surface area contributed by atoms with Gasteiger partial charge in [-0.05, 0) is 31.5 Å². The van der Waals surface area contributed by atoms with Gasteiger partial charge in [-0.15, -0.1) is 0 Å². The summed E-state index contributed by atoms with van der Waals surface area (Å²) in [4.78, 5) is 0. The molecule has 3 heteroatoms. The molecule has 2 nitrogen and oxygen atoms in total. The summed E-state index contributed by atoms with van der Waals surface area (Å²) < 4.78 is 1.06. The van der Waals surface area contributed by atoms with Crippen molar-refractivity contribution in [3.05, 3.63) is 22.7 Å². The molecule has 1 unspecified atom stereocenters. The van der Waals surface area contributed by atoms with Crippen LogP contribution in [0.1, 0.15) is 33.1 Å². The van der Waals surface area contributed by atoms with Crippen molar-refractivity contribution in [2.75, 3.05) is 11.1 Å². The molecule has 1 aromatic carbocycles. The Kier molecular flexibility index (Phi) is 4.95. The molecule has 0 aromatic heterocycles. The van der Waals surface area contributed by atoms with Crippen LogP contribution in [0, 0.1) is 0 Å². The molecule has 0 fully saturated rings. The quantitative estimate of drug-likeness (QED) is 0.794. The third-order valence-corrected chi connectivity index (χ3v) is 2.90. The van der Waals surface area contributed by atoms with Crippen molar-refractivity contribution < 1.29 is 0 Å². The number of nitrogens with one attached hydrogen (secondary N) is 1. The predicted molar refractivity (Wildman–Crippen MR) is 71.2 cm³/mol. The molecule has 0 spiro atoms. The van der Waals surface area contributed by atoms with Gasteiger partial charge in [0.1, 0.15) is 0 Å². The SMILES string of the molecule is CCCCC(C)Nc1cc(Br)ccc1N. The standard InChI is InChI=1S/C12H19BrN2/c1-3-4-5-9(2)15-12-8-10(13)6-7-11(12)14/h6-9,15H,3-5,14H2,1-2H3. The topological polar surface area (TPSA) is 38.0 Å². The van der Waals surface area contributed by atoms with E-state index < -0.39 is 0 Å². The van der Waals surface area contributed by atoms with E-state index in [1.807, 2.05) is 18.2 Å². The number of halogens is 1. The van der Waals surface area contributed by atoms with E-state index in [-0.39, 0.29) is 0 Å². The van der Waals surface area contributed by atoms with Crippen molar-refractivity contribution in [2.24, 2.45) is 0 Å². The summed E-state index contributed by atoms with van der Waals surface area (Å²) in [6.45, 7) is 4.40. The zero-order valence-corrected chi connectivity index (χ0v) is 11.0. The van der Waals surface area contributed by atoms with E-state index in [9.17, 15) is 0 Å². The minimum Gasteiger partial charge on any atom is -0.397 e. The van der Waals surface area contributed by atoms with E-state index >= 15 is 0 Å².